The van der Waals surface area contributed by atoms with E-state index in [1.807, 2.05) is 61.5 Å². The van der Waals surface area contributed by atoms with Crippen molar-refractivity contribution >= 4 is 11.6 Å². The van der Waals surface area contributed by atoms with Gasteiger partial charge in [0, 0.05) is 17.6 Å². The van der Waals surface area contributed by atoms with E-state index in [1.54, 1.807) is 0 Å². The van der Waals surface area contributed by atoms with E-state index in [4.69, 9.17) is 19.1 Å². The second-order valence-corrected chi connectivity index (χ2v) is 7.07. The number of nitrogens with zero attached hydrogens (tertiary/aromatic N) is 1. The van der Waals surface area contributed by atoms with Crippen LogP contribution < -0.4 is 0 Å². The standard InChI is InChI=1S/C21H26ClNO/c1-21(17-7-4-3-5-8-17,18-10-12-19(22)13-11-18)24-16-14-20-9-6-15-23(20)2/h3-5,7-8,10-13,20H,6,9,14-16H2,1-2H3/t20-,21?/m1/s1/i16D2. The summed E-state index contributed by atoms with van der Waals surface area (Å²) < 4.78 is 23.3. The Hall–Kier alpha value is -1.35. The molecule has 3 rings (SSSR count). The highest BCUT2D eigenvalue weighted by molar-refractivity contribution is 6.30. The molecule has 0 aromatic heterocycles. The largest absolute Gasteiger partial charge is 0.366 e. The van der Waals surface area contributed by atoms with Gasteiger partial charge in [0.25, 0.3) is 0 Å². The topological polar surface area (TPSA) is 12.5 Å². The van der Waals surface area contributed by atoms with E-state index in [1.165, 1.54) is 0 Å². The summed E-state index contributed by atoms with van der Waals surface area (Å²) in [7, 11) is 2.06. The van der Waals surface area contributed by atoms with Gasteiger partial charge in [-0.25, -0.2) is 0 Å². The van der Waals surface area contributed by atoms with E-state index < -0.39 is 12.2 Å². The summed E-state index contributed by atoms with van der Waals surface area (Å²) in [6.45, 7) is 1.21. The van der Waals surface area contributed by atoms with Crippen LogP contribution in [0.2, 0.25) is 5.02 Å². The number of benzene rings is 2. The Morgan fingerprint density at radius 1 is 1.17 bits per heavy atom. The van der Waals surface area contributed by atoms with Crippen molar-refractivity contribution in [3.8, 4) is 0 Å². The number of halogens is 1. The third-order valence-corrected chi connectivity index (χ3v) is 5.24. The molecule has 1 fully saturated rings. The summed E-state index contributed by atoms with van der Waals surface area (Å²) in [5, 5.41) is 0.653. The SMILES string of the molecule is [2H]C([2H])(C[C@H]1CCCN1C)OC(C)(c1ccccc1)c1ccc(Cl)cc1. The summed E-state index contributed by atoms with van der Waals surface area (Å²) in [5.41, 5.74) is 0.912. The first-order chi connectivity index (χ1) is 12.3. The molecule has 1 unspecified atom stereocenters. The number of likely N-dealkylation sites (tertiary alicyclic amines) is 1. The van der Waals surface area contributed by atoms with Crippen molar-refractivity contribution in [2.24, 2.45) is 0 Å². The van der Waals surface area contributed by atoms with E-state index in [0.717, 1.165) is 30.5 Å². The van der Waals surface area contributed by atoms with E-state index in [2.05, 4.69) is 11.9 Å². The first kappa shape index (κ1) is 14.9. The molecule has 0 saturated carbocycles. The Bertz CT molecular complexity index is 723. The Labute approximate surface area is 153 Å². The van der Waals surface area contributed by atoms with Gasteiger partial charge >= 0.3 is 0 Å². The Balaban J connectivity index is 1.92. The second-order valence-electron chi connectivity index (χ2n) is 6.63. The quantitative estimate of drug-likeness (QED) is 0.721. The van der Waals surface area contributed by atoms with Crippen LogP contribution in [-0.2, 0) is 10.3 Å². The summed E-state index contributed by atoms with van der Waals surface area (Å²) in [6, 6.07) is 17.5. The van der Waals surface area contributed by atoms with Crippen molar-refractivity contribution in [2.45, 2.75) is 37.8 Å². The minimum atomic E-state index is -1.74. The molecule has 24 heavy (non-hydrogen) atoms. The van der Waals surface area contributed by atoms with Crippen molar-refractivity contribution in [1.29, 1.82) is 0 Å². The maximum atomic E-state index is 8.57. The van der Waals surface area contributed by atoms with Gasteiger partial charge in [-0.05, 0) is 63.0 Å². The van der Waals surface area contributed by atoms with Gasteiger partial charge in [-0.3, -0.25) is 0 Å². The van der Waals surface area contributed by atoms with Crippen molar-refractivity contribution in [2.75, 3.05) is 20.2 Å². The molecule has 2 nitrogen and oxygen atoms in total. The molecular formula is C21H26ClNO. The van der Waals surface area contributed by atoms with Crippen LogP contribution in [0.25, 0.3) is 0 Å². The van der Waals surface area contributed by atoms with Crippen LogP contribution in [0.5, 0.6) is 0 Å². The Morgan fingerprint density at radius 3 is 2.46 bits per heavy atom. The molecule has 1 saturated heterocycles. The minimum absolute atomic E-state index is 0.218. The van der Waals surface area contributed by atoms with Crippen LogP contribution in [0.4, 0.5) is 0 Å². The molecule has 0 spiro atoms. The fourth-order valence-electron chi connectivity index (χ4n) is 3.33. The van der Waals surface area contributed by atoms with Gasteiger partial charge in [0.05, 0.1) is 2.74 Å². The fourth-order valence-corrected chi connectivity index (χ4v) is 3.45. The summed E-state index contributed by atoms with van der Waals surface area (Å²) in [6.07, 6.45) is 2.49. The summed E-state index contributed by atoms with van der Waals surface area (Å²) >= 11 is 6.05. The lowest BCUT2D eigenvalue weighted by atomic mass is 9.88. The lowest BCUT2D eigenvalue weighted by Gasteiger charge is -2.32. The third-order valence-electron chi connectivity index (χ3n) is 4.99. The highest BCUT2D eigenvalue weighted by Gasteiger charge is 2.30. The molecule has 0 bridgehead atoms. The smallest absolute Gasteiger partial charge is 0.115 e. The first-order valence-electron chi connectivity index (χ1n) is 9.52. The van der Waals surface area contributed by atoms with Gasteiger partial charge in [0.1, 0.15) is 5.60 Å². The van der Waals surface area contributed by atoms with Gasteiger partial charge < -0.3 is 9.64 Å². The number of hydrogen-bond acceptors (Lipinski definition) is 2. The van der Waals surface area contributed by atoms with Crippen LogP contribution in [0, 0.1) is 0 Å². The maximum Gasteiger partial charge on any atom is 0.115 e. The predicted molar refractivity (Wildman–Crippen MR) is 101 cm³/mol. The van der Waals surface area contributed by atoms with Crippen LogP contribution >= 0.6 is 11.6 Å². The van der Waals surface area contributed by atoms with Gasteiger partial charge in [-0.2, -0.15) is 0 Å². The van der Waals surface area contributed by atoms with E-state index in [-0.39, 0.29) is 6.04 Å². The number of ether oxygens (including phenoxy) is 1. The molecule has 1 aliphatic heterocycles. The maximum absolute atomic E-state index is 8.57. The lowest BCUT2D eigenvalue weighted by Crippen LogP contribution is -2.31. The molecule has 1 heterocycles. The van der Waals surface area contributed by atoms with Crippen LogP contribution in [-0.4, -0.2) is 31.1 Å². The highest BCUT2D eigenvalue weighted by Crippen LogP contribution is 2.34. The highest BCUT2D eigenvalue weighted by atomic mass is 35.5. The van der Waals surface area contributed by atoms with Gasteiger partial charge in [-0.1, -0.05) is 54.1 Å². The normalized spacial score (nSPS) is 22.7. The van der Waals surface area contributed by atoms with Crippen LogP contribution in [0.3, 0.4) is 0 Å². The van der Waals surface area contributed by atoms with Gasteiger partial charge in [0.15, 0.2) is 0 Å². The van der Waals surface area contributed by atoms with E-state index in [9.17, 15) is 0 Å². The number of hydrogen-bond donors (Lipinski definition) is 0. The number of rotatable bonds is 6. The Kier molecular flexibility index (Phi) is 4.79. The fraction of sp³-hybridized carbons (Fsp3) is 0.429. The monoisotopic (exact) mass is 345 g/mol. The molecule has 0 amide bonds. The minimum Gasteiger partial charge on any atom is -0.366 e. The summed E-state index contributed by atoms with van der Waals surface area (Å²) in [5.74, 6) is 0. The average Bonchev–Trinajstić information content (AvgIpc) is 3.00. The first-order valence-corrected chi connectivity index (χ1v) is 8.90. The van der Waals surface area contributed by atoms with E-state index in [0.29, 0.717) is 11.4 Å². The molecule has 2 aromatic rings. The zero-order valence-electron chi connectivity index (χ0n) is 16.3. The van der Waals surface area contributed by atoms with Gasteiger partial charge in [-0.15, -0.1) is 0 Å². The van der Waals surface area contributed by atoms with Crippen LogP contribution in [0.1, 0.15) is 40.1 Å². The Morgan fingerprint density at radius 2 is 1.83 bits per heavy atom. The summed E-state index contributed by atoms with van der Waals surface area (Å²) in [4.78, 5) is 2.23. The molecule has 0 N–H and O–H groups in total. The van der Waals surface area contributed by atoms with Crippen molar-refractivity contribution in [3.05, 3.63) is 70.7 Å². The molecule has 2 atom stereocenters. The van der Waals surface area contributed by atoms with Crippen molar-refractivity contribution in [1.82, 2.24) is 4.90 Å². The molecule has 0 radical (unpaired) electrons. The third kappa shape index (κ3) is 3.83. The molecule has 0 aliphatic carbocycles. The van der Waals surface area contributed by atoms with Crippen molar-refractivity contribution < 1.29 is 7.48 Å². The molecule has 3 heteroatoms. The average molecular weight is 346 g/mol. The zero-order valence-corrected chi connectivity index (χ0v) is 15.1. The van der Waals surface area contributed by atoms with Crippen molar-refractivity contribution in [3.63, 3.8) is 0 Å². The van der Waals surface area contributed by atoms with Gasteiger partial charge in [0.2, 0.25) is 0 Å². The molecular weight excluding hydrogens is 318 g/mol. The second kappa shape index (κ2) is 7.69. The van der Waals surface area contributed by atoms with E-state index >= 15 is 0 Å². The molecule has 1 aliphatic rings. The zero-order chi connectivity index (χ0) is 18.8. The molecule has 128 valence electrons. The lowest BCUT2D eigenvalue weighted by molar-refractivity contribution is -0.0117. The predicted octanol–water partition coefficient (Wildman–Crippen LogP) is 5.10. The molecule has 2 aromatic carbocycles. The van der Waals surface area contributed by atoms with Crippen LogP contribution in [0.15, 0.2) is 54.6 Å².